The number of hydrogen-bond acceptors (Lipinski definition) is 2. The Bertz CT molecular complexity index is 275. The van der Waals surface area contributed by atoms with Crippen LogP contribution in [0.5, 0.6) is 5.75 Å². The Kier molecular flexibility index (Phi) is 4.25. The molecule has 68 valence electrons. The molecule has 0 saturated heterocycles. The van der Waals surface area contributed by atoms with Crippen LogP contribution in [0.2, 0.25) is 0 Å². The second-order valence-electron chi connectivity index (χ2n) is 2.42. The Morgan fingerprint density at radius 1 is 1.15 bits per heavy atom. The van der Waals surface area contributed by atoms with Gasteiger partial charge in [0.2, 0.25) is 0 Å². The van der Waals surface area contributed by atoms with Crippen molar-refractivity contribution in [1.82, 2.24) is 0 Å². The summed E-state index contributed by atoms with van der Waals surface area (Å²) >= 11 is 0. The van der Waals surface area contributed by atoms with E-state index in [1.165, 1.54) is 0 Å². The number of ether oxygens (including phenoxy) is 1. The van der Waals surface area contributed by atoms with Crippen molar-refractivity contribution in [1.29, 1.82) is 0 Å². The zero-order chi connectivity index (χ0) is 9.36. The molecule has 0 aromatic heterocycles. The molecule has 13 heavy (non-hydrogen) atoms. The van der Waals surface area contributed by atoms with Crippen LogP contribution in [0.1, 0.15) is 6.42 Å². The first-order chi connectivity index (χ1) is 6.43. The van der Waals surface area contributed by atoms with Gasteiger partial charge in [0.05, 0.1) is 12.5 Å². The van der Waals surface area contributed by atoms with Gasteiger partial charge in [-0.1, -0.05) is 18.2 Å². The van der Waals surface area contributed by atoms with Gasteiger partial charge in [0.25, 0.3) is 0 Å². The van der Waals surface area contributed by atoms with E-state index in [0.29, 0.717) is 6.42 Å². The van der Waals surface area contributed by atoms with Crippen LogP contribution in [0.3, 0.4) is 0 Å². The van der Waals surface area contributed by atoms with Crippen molar-refractivity contribution in [3.8, 4) is 5.75 Å². The second kappa shape index (κ2) is 5.89. The van der Waals surface area contributed by atoms with Crippen LogP contribution in [0.15, 0.2) is 55.0 Å². The van der Waals surface area contributed by atoms with Gasteiger partial charge in [0.15, 0.2) is 0 Å². The fourth-order valence-electron chi connectivity index (χ4n) is 0.821. The number of benzene rings is 1. The monoisotopic (exact) mass is 176 g/mol. The molecule has 0 aliphatic carbocycles. The van der Waals surface area contributed by atoms with Crippen LogP contribution in [-0.2, 0) is 0 Å². The molecule has 0 heterocycles. The molecular formula is C11H12O2. The maximum absolute atomic E-state index is 8.33. The van der Waals surface area contributed by atoms with Crippen molar-refractivity contribution in [2.24, 2.45) is 0 Å². The summed E-state index contributed by atoms with van der Waals surface area (Å²) in [6.45, 7) is 0. The predicted octanol–water partition coefficient (Wildman–Crippen LogP) is 3.04. The van der Waals surface area contributed by atoms with E-state index in [-0.39, 0.29) is 0 Å². The fourth-order valence-corrected chi connectivity index (χ4v) is 0.821. The van der Waals surface area contributed by atoms with E-state index in [1.807, 2.05) is 36.4 Å². The maximum Gasteiger partial charge on any atom is 0.126 e. The van der Waals surface area contributed by atoms with Crippen molar-refractivity contribution in [2.75, 3.05) is 0 Å². The third kappa shape index (κ3) is 4.01. The SMILES string of the molecule is OC=CCC=COc1ccccc1. The van der Waals surface area contributed by atoms with Crippen molar-refractivity contribution < 1.29 is 9.84 Å². The molecule has 1 rings (SSSR count). The second-order valence-corrected chi connectivity index (χ2v) is 2.42. The molecule has 1 aromatic rings. The standard InChI is InChI=1S/C11H12O2/c12-9-5-2-6-10-13-11-7-3-1-4-8-11/h1,3-10,12H,2H2. The van der Waals surface area contributed by atoms with Gasteiger partial charge >= 0.3 is 0 Å². The molecular weight excluding hydrogens is 164 g/mol. The quantitative estimate of drug-likeness (QED) is 0.714. The van der Waals surface area contributed by atoms with Gasteiger partial charge in [0, 0.05) is 0 Å². The first-order valence-corrected chi connectivity index (χ1v) is 4.09. The summed E-state index contributed by atoms with van der Waals surface area (Å²) in [5.74, 6) is 0.812. The number of aliphatic hydroxyl groups is 1. The molecule has 0 radical (unpaired) electrons. The van der Waals surface area contributed by atoms with Crippen LogP contribution < -0.4 is 4.74 Å². The van der Waals surface area contributed by atoms with Gasteiger partial charge in [-0.05, 0) is 30.7 Å². The predicted molar refractivity (Wildman–Crippen MR) is 52.6 cm³/mol. The third-order valence-electron chi connectivity index (χ3n) is 1.42. The highest BCUT2D eigenvalue weighted by molar-refractivity contribution is 5.21. The lowest BCUT2D eigenvalue weighted by molar-refractivity contribution is 0.470. The molecule has 2 nitrogen and oxygen atoms in total. The summed E-state index contributed by atoms with van der Waals surface area (Å²) in [5.41, 5.74) is 0. The first kappa shape index (κ1) is 9.39. The number of rotatable bonds is 4. The van der Waals surface area contributed by atoms with E-state index in [1.54, 1.807) is 12.3 Å². The molecule has 0 spiro atoms. The molecule has 0 fully saturated rings. The molecule has 0 amide bonds. The van der Waals surface area contributed by atoms with Crippen LogP contribution >= 0.6 is 0 Å². The van der Waals surface area contributed by atoms with E-state index in [0.717, 1.165) is 12.0 Å². The molecule has 0 unspecified atom stereocenters. The Morgan fingerprint density at radius 2 is 1.92 bits per heavy atom. The van der Waals surface area contributed by atoms with Gasteiger partial charge in [-0.3, -0.25) is 0 Å². The maximum atomic E-state index is 8.33. The summed E-state index contributed by atoms with van der Waals surface area (Å²) in [5, 5.41) is 8.33. The number of para-hydroxylation sites is 1. The van der Waals surface area contributed by atoms with Crippen molar-refractivity contribution >= 4 is 0 Å². The molecule has 0 aliphatic heterocycles. The minimum atomic E-state index is 0.670. The number of hydrogen-bond donors (Lipinski definition) is 1. The summed E-state index contributed by atoms with van der Waals surface area (Å²) in [7, 11) is 0. The van der Waals surface area contributed by atoms with Gasteiger partial charge < -0.3 is 9.84 Å². The fraction of sp³-hybridized carbons (Fsp3) is 0.0909. The van der Waals surface area contributed by atoms with E-state index in [2.05, 4.69) is 0 Å². The highest BCUT2D eigenvalue weighted by Gasteiger charge is 1.84. The molecule has 1 N–H and O–H groups in total. The summed E-state index contributed by atoms with van der Waals surface area (Å²) in [4.78, 5) is 0. The van der Waals surface area contributed by atoms with Crippen LogP contribution in [-0.4, -0.2) is 5.11 Å². The van der Waals surface area contributed by atoms with E-state index < -0.39 is 0 Å². The minimum Gasteiger partial charge on any atom is -0.516 e. The average Bonchev–Trinajstić information content (AvgIpc) is 2.19. The Labute approximate surface area is 77.8 Å². The highest BCUT2D eigenvalue weighted by Crippen LogP contribution is 2.08. The molecule has 2 heteroatoms. The largest absolute Gasteiger partial charge is 0.516 e. The molecule has 1 aromatic carbocycles. The van der Waals surface area contributed by atoms with Gasteiger partial charge in [-0.2, -0.15) is 0 Å². The lowest BCUT2D eigenvalue weighted by atomic mass is 10.3. The minimum absolute atomic E-state index is 0.670. The lowest BCUT2D eigenvalue weighted by Gasteiger charge is -1.96. The Balaban J connectivity index is 2.31. The topological polar surface area (TPSA) is 29.5 Å². The number of allylic oxidation sites excluding steroid dienone is 2. The van der Waals surface area contributed by atoms with E-state index >= 15 is 0 Å². The molecule has 0 atom stereocenters. The van der Waals surface area contributed by atoms with Gasteiger partial charge in [0.1, 0.15) is 5.75 Å². The highest BCUT2D eigenvalue weighted by atomic mass is 16.5. The zero-order valence-electron chi connectivity index (χ0n) is 7.26. The van der Waals surface area contributed by atoms with Gasteiger partial charge in [-0.25, -0.2) is 0 Å². The van der Waals surface area contributed by atoms with Crippen LogP contribution in [0.25, 0.3) is 0 Å². The van der Waals surface area contributed by atoms with E-state index in [4.69, 9.17) is 9.84 Å². The average molecular weight is 176 g/mol. The molecule has 0 aliphatic rings. The normalized spacial score (nSPS) is 11.1. The van der Waals surface area contributed by atoms with Crippen molar-refractivity contribution in [2.45, 2.75) is 6.42 Å². The van der Waals surface area contributed by atoms with Gasteiger partial charge in [-0.15, -0.1) is 0 Å². The van der Waals surface area contributed by atoms with E-state index in [9.17, 15) is 0 Å². The zero-order valence-corrected chi connectivity index (χ0v) is 7.26. The first-order valence-electron chi connectivity index (χ1n) is 4.09. The summed E-state index contributed by atoms with van der Waals surface area (Å²) < 4.78 is 5.26. The summed E-state index contributed by atoms with van der Waals surface area (Å²) in [6, 6.07) is 9.52. The number of aliphatic hydroxyl groups excluding tert-OH is 1. The lowest BCUT2D eigenvalue weighted by Crippen LogP contribution is -1.79. The van der Waals surface area contributed by atoms with Crippen molar-refractivity contribution in [3.05, 3.63) is 55.0 Å². The van der Waals surface area contributed by atoms with Crippen LogP contribution in [0, 0.1) is 0 Å². The molecule has 0 bridgehead atoms. The van der Waals surface area contributed by atoms with Crippen LogP contribution in [0.4, 0.5) is 0 Å². The Hall–Kier alpha value is -1.70. The Morgan fingerprint density at radius 3 is 2.62 bits per heavy atom. The van der Waals surface area contributed by atoms with Crippen molar-refractivity contribution in [3.63, 3.8) is 0 Å². The summed E-state index contributed by atoms with van der Waals surface area (Å²) in [6.07, 6.45) is 6.75. The molecule has 0 saturated carbocycles. The smallest absolute Gasteiger partial charge is 0.126 e. The third-order valence-corrected chi connectivity index (χ3v) is 1.42.